The topological polar surface area (TPSA) is 32.3 Å². The first-order valence-electron chi connectivity index (χ1n) is 7.25. The van der Waals surface area contributed by atoms with Crippen LogP contribution in [-0.2, 0) is 6.54 Å². The molecule has 0 saturated heterocycles. The molecule has 1 rings (SSSR count). The number of aliphatic hydroxyl groups is 1. The summed E-state index contributed by atoms with van der Waals surface area (Å²) < 4.78 is 0. The Morgan fingerprint density at radius 2 is 2.05 bits per heavy atom. The standard InChI is InChI=1S/C16H27NOS/c1-14(2)12-17-13-15-7-6-8-16(11-15)19-10-5-3-4-9-18/h6-8,11,14,17-18H,3-5,9-10,12-13H2,1-2H3. The molecule has 108 valence electrons. The molecular weight excluding hydrogens is 254 g/mol. The Bertz CT molecular complexity index is 341. The summed E-state index contributed by atoms with van der Waals surface area (Å²) in [5, 5.41) is 12.2. The van der Waals surface area contributed by atoms with Crippen LogP contribution in [0.15, 0.2) is 29.2 Å². The molecule has 0 unspecified atom stereocenters. The molecule has 0 amide bonds. The average Bonchev–Trinajstić information content (AvgIpc) is 2.39. The van der Waals surface area contributed by atoms with Crippen molar-refractivity contribution >= 4 is 11.8 Å². The van der Waals surface area contributed by atoms with Crippen molar-refractivity contribution in [2.24, 2.45) is 5.92 Å². The first kappa shape index (κ1) is 16.5. The summed E-state index contributed by atoms with van der Waals surface area (Å²) in [5.74, 6) is 1.84. The zero-order chi connectivity index (χ0) is 13.9. The third-order valence-electron chi connectivity index (χ3n) is 2.85. The van der Waals surface area contributed by atoms with Crippen molar-refractivity contribution in [2.45, 2.75) is 44.6 Å². The van der Waals surface area contributed by atoms with Crippen LogP contribution in [0, 0.1) is 5.92 Å². The van der Waals surface area contributed by atoms with Gasteiger partial charge < -0.3 is 10.4 Å². The van der Waals surface area contributed by atoms with Crippen LogP contribution in [0.25, 0.3) is 0 Å². The quantitative estimate of drug-likeness (QED) is 0.507. The van der Waals surface area contributed by atoms with Gasteiger partial charge in [-0.1, -0.05) is 32.4 Å². The van der Waals surface area contributed by atoms with Crippen LogP contribution < -0.4 is 5.32 Å². The number of hydrogen-bond acceptors (Lipinski definition) is 3. The molecule has 2 N–H and O–H groups in total. The Morgan fingerprint density at radius 3 is 2.79 bits per heavy atom. The molecular formula is C16H27NOS. The summed E-state index contributed by atoms with van der Waals surface area (Å²) in [6.07, 6.45) is 3.24. The molecule has 0 aromatic heterocycles. The van der Waals surface area contributed by atoms with Crippen LogP contribution >= 0.6 is 11.8 Å². The lowest BCUT2D eigenvalue weighted by atomic mass is 10.2. The van der Waals surface area contributed by atoms with Crippen LogP contribution in [-0.4, -0.2) is 24.0 Å². The number of hydrogen-bond donors (Lipinski definition) is 2. The maximum atomic E-state index is 8.73. The van der Waals surface area contributed by atoms with Crippen LogP contribution in [0.1, 0.15) is 38.7 Å². The normalized spacial score (nSPS) is 11.2. The van der Waals surface area contributed by atoms with Gasteiger partial charge in [0, 0.05) is 18.0 Å². The summed E-state index contributed by atoms with van der Waals surface area (Å²) in [6, 6.07) is 8.79. The minimum atomic E-state index is 0.321. The van der Waals surface area contributed by atoms with E-state index in [1.54, 1.807) is 0 Å². The van der Waals surface area contributed by atoms with Crippen molar-refractivity contribution in [2.75, 3.05) is 18.9 Å². The monoisotopic (exact) mass is 281 g/mol. The van der Waals surface area contributed by atoms with E-state index in [2.05, 4.69) is 43.4 Å². The Kier molecular flexibility index (Phi) is 8.97. The van der Waals surface area contributed by atoms with E-state index < -0.39 is 0 Å². The first-order chi connectivity index (χ1) is 9.22. The van der Waals surface area contributed by atoms with Gasteiger partial charge in [0.05, 0.1) is 0 Å². The Hall–Kier alpha value is -0.510. The summed E-state index contributed by atoms with van der Waals surface area (Å²) in [6.45, 7) is 6.80. The molecule has 0 saturated carbocycles. The zero-order valence-corrected chi connectivity index (χ0v) is 13.0. The van der Waals surface area contributed by atoms with Crippen LogP contribution in [0.2, 0.25) is 0 Å². The molecule has 0 spiro atoms. The van der Waals surface area contributed by atoms with Crippen molar-refractivity contribution in [3.63, 3.8) is 0 Å². The minimum absolute atomic E-state index is 0.321. The molecule has 0 heterocycles. The highest BCUT2D eigenvalue weighted by atomic mass is 32.2. The number of rotatable bonds is 10. The van der Waals surface area contributed by atoms with Gasteiger partial charge in [-0.3, -0.25) is 0 Å². The van der Waals surface area contributed by atoms with Crippen LogP contribution in [0.5, 0.6) is 0 Å². The molecule has 0 aliphatic heterocycles. The largest absolute Gasteiger partial charge is 0.396 e. The molecule has 3 heteroatoms. The fraction of sp³-hybridized carbons (Fsp3) is 0.625. The predicted molar refractivity (Wildman–Crippen MR) is 84.6 cm³/mol. The maximum absolute atomic E-state index is 8.73. The highest BCUT2D eigenvalue weighted by Gasteiger charge is 1.98. The highest BCUT2D eigenvalue weighted by Crippen LogP contribution is 2.20. The lowest BCUT2D eigenvalue weighted by Crippen LogP contribution is -2.18. The molecule has 0 fully saturated rings. The SMILES string of the molecule is CC(C)CNCc1cccc(SCCCCCO)c1. The van der Waals surface area contributed by atoms with Crippen LogP contribution in [0.3, 0.4) is 0 Å². The second-order valence-electron chi connectivity index (χ2n) is 5.30. The minimum Gasteiger partial charge on any atom is -0.396 e. The van der Waals surface area contributed by atoms with E-state index in [9.17, 15) is 0 Å². The van der Waals surface area contributed by atoms with Gasteiger partial charge in [-0.05, 0) is 48.8 Å². The molecule has 19 heavy (non-hydrogen) atoms. The van der Waals surface area contributed by atoms with Crippen molar-refractivity contribution < 1.29 is 5.11 Å². The number of nitrogens with one attached hydrogen (secondary N) is 1. The van der Waals surface area contributed by atoms with E-state index in [4.69, 9.17) is 5.11 Å². The second kappa shape index (κ2) is 10.3. The third kappa shape index (κ3) is 8.30. The van der Waals surface area contributed by atoms with Gasteiger partial charge in [0.15, 0.2) is 0 Å². The fourth-order valence-electron chi connectivity index (χ4n) is 1.83. The van der Waals surface area contributed by atoms with Gasteiger partial charge in [-0.15, -0.1) is 11.8 Å². The average molecular weight is 281 g/mol. The summed E-state index contributed by atoms with van der Waals surface area (Å²) >= 11 is 1.92. The van der Waals surface area contributed by atoms with Gasteiger partial charge in [0.2, 0.25) is 0 Å². The number of benzene rings is 1. The summed E-state index contributed by atoms with van der Waals surface area (Å²) in [5.41, 5.74) is 1.36. The number of aliphatic hydroxyl groups excluding tert-OH is 1. The van der Waals surface area contributed by atoms with Crippen molar-refractivity contribution in [3.8, 4) is 0 Å². The molecule has 0 bridgehead atoms. The zero-order valence-electron chi connectivity index (χ0n) is 12.2. The van der Waals surface area contributed by atoms with E-state index in [0.717, 1.165) is 31.7 Å². The van der Waals surface area contributed by atoms with Gasteiger partial charge in [0.25, 0.3) is 0 Å². The predicted octanol–water partition coefficient (Wildman–Crippen LogP) is 3.69. The molecule has 0 radical (unpaired) electrons. The molecule has 0 aliphatic carbocycles. The van der Waals surface area contributed by atoms with E-state index in [-0.39, 0.29) is 0 Å². The first-order valence-corrected chi connectivity index (χ1v) is 8.24. The van der Waals surface area contributed by atoms with E-state index >= 15 is 0 Å². The summed E-state index contributed by atoms with van der Waals surface area (Å²) in [7, 11) is 0. The van der Waals surface area contributed by atoms with Crippen LogP contribution in [0.4, 0.5) is 0 Å². The highest BCUT2D eigenvalue weighted by molar-refractivity contribution is 7.99. The lowest BCUT2D eigenvalue weighted by molar-refractivity contribution is 0.284. The van der Waals surface area contributed by atoms with Gasteiger partial charge in [-0.25, -0.2) is 0 Å². The van der Waals surface area contributed by atoms with Gasteiger partial charge >= 0.3 is 0 Å². The van der Waals surface area contributed by atoms with Crippen molar-refractivity contribution in [3.05, 3.63) is 29.8 Å². The van der Waals surface area contributed by atoms with E-state index in [0.29, 0.717) is 12.5 Å². The Labute approximate surface area is 122 Å². The summed E-state index contributed by atoms with van der Waals surface area (Å²) in [4.78, 5) is 1.35. The molecule has 2 nitrogen and oxygen atoms in total. The second-order valence-corrected chi connectivity index (χ2v) is 6.47. The number of thioether (sulfide) groups is 1. The maximum Gasteiger partial charge on any atom is 0.0431 e. The fourth-order valence-corrected chi connectivity index (χ4v) is 2.82. The molecule has 1 aromatic carbocycles. The van der Waals surface area contributed by atoms with Gasteiger partial charge in [0.1, 0.15) is 0 Å². The molecule has 0 atom stereocenters. The van der Waals surface area contributed by atoms with Gasteiger partial charge in [-0.2, -0.15) is 0 Å². The van der Waals surface area contributed by atoms with E-state index in [1.807, 2.05) is 11.8 Å². The molecule has 1 aromatic rings. The smallest absolute Gasteiger partial charge is 0.0431 e. The van der Waals surface area contributed by atoms with E-state index in [1.165, 1.54) is 16.9 Å². The Morgan fingerprint density at radius 1 is 1.21 bits per heavy atom. The molecule has 0 aliphatic rings. The lowest BCUT2D eigenvalue weighted by Gasteiger charge is -2.08. The number of unbranched alkanes of at least 4 members (excludes halogenated alkanes) is 2. The Balaban J connectivity index is 2.27. The van der Waals surface area contributed by atoms with Crippen molar-refractivity contribution in [1.29, 1.82) is 0 Å². The van der Waals surface area contributed by atoms with Crippen molar-refractivity contribution in [1.82, 2.24) is 5.32 Å². The third-order valence-corrected chi connectivity index (χ3v) is 3.93.